The fourth-order valence-electron chi connectivity index (χ4n) is 2.68. The van der Waals surface area contributed by atoms with Gasteiger partial charge >= 0.3 is 0 Å². The number of aromatic nitrogens is 4. The fourth-order valence-corrected chi connectivity index (χ4v) is 2.68. The molecule has 6 nitrogen and oxygen atoms in total. The van der Waals surface area contributed by atoms with E-state index in [-0.39, 0.29) is 0 Å². The Morgan fingerprint density at radius 2 is 2.21 bits per heavy atom. The van der Waals surface area contributed by atoms with Gasteiger partial charge in [-0.3, -0.25) is 5.10 Å². The summed E-state index contributed by atoms with van der Waals surface area (Å²) >= 11 is 0. The predicted molar refractivity (Wildman–Crippen MR) is 76.3 cm³/mol. The molecule has 1 aliphatic rings. The highest BCUT2D eigenvalue weighted by Crippen LogP contribution is 2.43. The zero-order valence-corrected chi connectivity index (χ0v) is 11.5. The van der Waals surface area contributed by atoms with Gasteiger partial charge in [0.05, 0.1) is 11.6 Å². The second kappa shape index (κ2) is 4.68. The molecule has 0 aromatic carbocycles. The molecule has 3 rings (SSSR count). The van der Waals surface area contributed by atoms with Crippen molar-refractivity contribution in [1.82, 2.24) is 20.2 Å². The fraction of sp³-hybridized carbons (Fsp3) is 0.615. The van der Waals surface area contributed by atoms with Gasteiger partial charge in [0.2, 0.25) is 5.95 Å². The molecule has 3 N–H and O–H groups in total. The Morgan fingerprint density at radius 3 is 2.84 bits per heavy atom. The van der Waals surface area contributed by atoms with Crippen LogP contribution < -0.4 is 10.6 Å². The quantitative estimate of drug-likeness (QED) is 0.769. The van der Waals surface area contributed by atoms with Gasteiger partial charge in [-0.15, -0.1) is 0 Å². The van der Waals surface area contributed by atoms with Gasteiger partial charge in [-0.05, 0) is 24.7 Å². The number of nitrogens with zero attached hydrogens (tertiary/aromatic N) is 3. The molecular weight excluding hydrogens is 240 g/mol. The number of aromatic amines is 1. The predicted octanol–water partition coefficient (Wildman–Crippen LogP) is 2.39. The molecule has 0 saturated heterocycles. The lowest BCUT2D eigenvalue weighted by Gasteiger charge is -2.41. The zero-order valence-electron chi connectivity index (χ0n) is 11.5. The molecule has 1 fully saturated rings. The van der Waals surface area contributed by atoms with Crippen molar-refractivity contribution in [2.75, 3.05) is 24.2 Å². The summed E-state index contributed by atoms with van der Waals surface area (Å²) in [5.74, 6) is 1.47. The summed E-state index contributed by atoms with van der Waals surface area (Å²) in [4.78, 5) is 8.83. The summed E-state index contributed by atoms with van der Waals surface area (Å²) < 4.78 is 0. The summed E-state index contributed by atoms with van der Waals surface area (Å²) in [5, 5.41) is 14.4. The average molecular weight is 260 g/mol. The van der Waals surface area contributed by atoms with E-state index in [1.165, 1.54) is 25.7 Å². The molecule has 2 heterocycles. The SMILES string of the molecule is CCC1(CNc2nc(NC)nc3[nH]ncc23)CCC1. The Balaban J connectivity index is 1.85. The Kier molecular flexibility index (Phi) is 3.00. The maximum Gasteiger partial charge on any atom is 0.226 e. The third-order valence-electron chi connectivity index (χ3n) is 4.33. The number of fused-ring (bicyclic) bond motifs is 1. The van der Waals surface area contributed by atoms with E-state index in [4.69, 9.17) is 0 Å². The number of hydrogen-bond donors (Lipinski definition) is 3. The highest BCUT2D eigenvalue weighted by Gasteiger charge is 2.34. The van der Waals surface area contributed by atoms with Crippen molar-refractivity contribution in [3.8, 4) is 0 Å². The molecule has 0 radical (unpaired) electrons. The van der Waals surface area contributed by atoms with Gasteiger partial charge in [0, 0.05) is 13.6 Å². The summed E-state index contributed by atoms with van der Waals surface area (Å²) in [7, 11) is 1.82. The van der Waals surface area contributed by atoms with Gasteiger partial charge in [-0.1, -0.05) is 13.3 Å². The highest BCUT2D eigenvalue weighted by atomic mass is 15.2. The van der Waals surface area contributed by atoms with Gasteiger partial charge in [0.1, 0.15) is 5.82 Å². The molecule has 102 valence electrons. The Hall–Kier alpha value is -1.85. The topological polar surface area (TPSA) is 78.5 Å². The summed E-state index contributed by atoms with van der Waals surface area (Å²) in [6.07, 6.45) is 6.97. The Morgan fingerprint density at radius 1 is 1.37 bits per heavy atom. The van der Waals surface area contributed by atoms with Gasteiger partial charge in [-0.25, -0.2) is 0 Å². The first-order valence-electron chi connectivity index (χ1n) is 6.89. The summed E-state index contributed by atoms with van der Waals surface area (Å²) in [6.45, 7) is 3.25. The van der Waals surface area contributed by atoms with Gasteiger partial charge in [-0.2, -0.15) is 15.1 Å². The Bertz CT molecular complexity index is 566. The molecule has 1 aliphatic carbocycles. The van der Waals surface area contributed by atoms with Crippen LogP contribution in [-0.4, -0.2) is 33.8 Å². The molecule has 0 unspecified atom stereocenters. The number of H-pyrrole nitrogens is 1. The Labute approximate surface area is 112 Å². The molecule has 19 heavy (non-hydrogen) atoms. The first-order valence-corrected chi connectivity index (χ1v) is 6.89. The molecule has 6 heteroatoms. The van der Waals surface area contributed by atoms with Gasteiger partial charge < -0.3 is 10.6 Å². The van der Waals surface area contributed by atoms with Crippen LogP contribution in [0.1, 0.15) is 32.6 Å². The van der Waals surface area contributed by atoms with Crippen molar-refractivity contribution in [2.24, 2.45) is 5.41 Å². The molecule has 0 spiro atoms. The minimum atomic E-state index is 0.459. The minimum Gasteiger partial charge on any atom is -0.369 e. The van der Waals surface area contributed by atoms with Gasteiger partial charge in [0.25, 0.3) is 0 Å². The second-order valence-corrected chi connectivity index (χ2v) is 5.34. The van der Waals surface area contributed by atoms with E-state index in [0.29, 0.717) is 11.4 Å². The molecule has 1 saturated carbocycles. The number of rotatable bonds is 5. The van der Waals surface area contributed by atoms with Crippen LogP contribution in [-0.2, 0) is 0 Å². The maximum absolute atomic E-state index is 4.49. The van der Waals surface area contributed by atoms with E-state index in [0.717, 1.165) is 23.4 Å². The molecule has 0 aliphatic heterocycles. The third-order valence-corrected chi connectivity index (χ3v) is 4.33. The number of anilines is 2. The van der Waals surface area contributed by atoms with Crippen LogP contribution in [0.3, 0.4) is 0 Å². The molecule has 2 aromatic rings. The zero-order chi connectivity index (χ0) is 13.3. The number of hydrogen-bond acceptors (Lipinski definition) is 5. The maximum atomic E-state index is 4.49. The van der Waals surface area contributed by atoms with E-state index in [2.05, 4.69) is 37.7 Å². The van der Waals surface area contributed by atoms with Crippen LogP contribution in [0.15, 0.2) is 6.20 Å². The molecule has 0 bridgehead atoms. The van der Waals surface area contributed by atoms with E-state index in [9.17, 15) is 0 Å². The molecular formula is C13H20N6. The van der Waals surface area contributed by atoms with Crippen LogP contribution in [0.25, 0.3) is 11.0 Å². The second-order valence-electron chi connectivity index (χ2n) is 5.34. The van der Waals surface area contributed by atoms with Crippen LogP contribution >= 0.6 is 0 Å². The highest BCUT2D eigenvalue weighted by molar-refractivity contribution is 5.86. The van der Waals surface area contributed by atoms with Crippen LogP contribution in [0, 0.1) is 5.41 Å². The normalized spacial score (nSPS) is 17.2. The third kappa shape index (κ3) is 2.11. The molecule has 0 amide bonds. The number of nitrogens with one attached hydrogen (secondary N) is 3. The lowest BCUT2D eigenvalue weighted by Crippen LogP contribution is -2.36. The minimum absolute atomic E-state index is 0.459. The van der Waals surface area contributed by atoms with Crippen molar-refractivity contribution >= 4 is 22.8 Å². The van der Waals surface area contributed by atoms with Crippen LogP contribution in [0.5, 0.6) is 0 Å². The molecule has 2 aromatic heterocycles. The summed E-state index contributed by atoms with van der Waals surface area (Å²) in [6, 6.07) is 0. The molecule has 0 atom stereocenters. The summed E-state index contributed by atoms with van der Waals surface area (Å²) in [5.41, 5.74) is 1.22. The van der Waals surface area contributed by atoms with E-state index in [1.807, 2.05) is 7.05 Å². The van der Waals surface area contributed by atoms with E-state index in [1.54, 1.807) is 6.20 Å². The first kappa shape index (κ1) is 12.2. The standard InChI is InChI=1S/C13H20N6/c1-3-13(5-4-6-13)8-15-10-9-7-16-19-11(9)18-12(14-2)17-10/h7H,3-6,8H2,1-2H3,(H3,14,15,16,17,18,19). The lowest BCUT2D eigenvalue weighted by atomic mass is 9.67. The first-order chi connectivity index (χ1) is 9.26. The smallest absolute Gasteiger partial charge is 0.226 e. The van der Waals surface area contributed by atoms with E-state index < -0.39 is 0 Å². The van der Waals surface area contributed by atoms with Crippen molar-refractivity contribution < 1.29 is 0 Å². The van der Waals surface area contributed by atoms with Crippen molar-refractivity contribution in [1.29, 1.82) is 0 Å². The van der Waals surface area contributed by atoms with Crippen molar-refractivity contribution in [2.45, 2.75) is 32.6 Å². The van der Waals surface area contributed by atoms with Gasteiger partial charge in [0.15, 0.2) is 5.65 Å². The lowest BCUT2D eigenvalue weighted by molar-refractivity contribution is 0.145. The van der Waals surface area contributed by atoms with E-state index >= 15 is 0 Å². The van der Waals surface area contributed by atoms with Crippen LogP contribution in [0.2, 0.25) is 0 Å². The monoisotopic (exact) mass is 260 g/mol. The largest absolute Gasteiger partial charge is 0.369 e. The van der Waals surface area contributed by atoms with Crippen molar-refractivity contribution in [3.63, 3.8) is 0 Å². The van der Waals surface area contributed by atoms with Crippen molar-refractivity contribution in [3.05, 3.63) is 6.20 Å². The van der Waals surface area contributed by atoms with Crippen LogP contribution in [0.4, 0.5) is 11.8 Å². The average Bonchev–Trinajstić information content (AvgIpc) is 2.85.